The summed E-state index contributed by atoms with van der Waals surface area (Å²) in [5, 5.41) is 7.57. The maximum Gasteiger partial charge on any atom is 0.238 e. The highest BCUT2D eigenvalue weighted by atomic mass is 32.1. The van der Waals surface area contributed by atoms with Crippen molar-refractivity contribution in [3.63, 3.8) is 0 Å². The Balaban J connectivity index is 1.43. The number of piperazine rings is 1. The molecule has 154 valence electrons. The summed E-state index contributed by atoms with van der Waals surface area (Å²) in [6.07, 6.45) is 5.16. The monoisotopic (exact) mass is 402 g/mol. The molecule has 0 bridgehead atoms. The Morgan fingerprint density at radius 1 is 1.11 bits per heavy atom. The molecule has 0 unspecified atom stereocenters. The number of benzene rings is 1. The van der Waals surface area contributed by atoms with Crippen LogP contribution in [0.2, 0.25) is 0 Å². The van der Waals surface area contributed by atoms with Crippen molar-refractivity contribution in [2.45, 2.75) is 52.5 Å². The molecule has 1 heterocycles. The molecule has 1 aliphatic carbocycles. The van der Waals surface area contributed by atoms with Crippen LogP contribution in [0, 0.1) is 19.8 Å². The van der Waals surface area contributed by atoms with Gasteiger partial charge in [0.1, 0.15) is 0 Å². The van der Waals surface area contributed by atoms with E-state index in [-0.39, 0.29) is 5.91 Å². The van der Waals surface area contributed by atoms with Gasteiger partial charge in [-0.2, -0.15) is 0 Å². The maximum atomic E-state index is 12.5. The second kappa shape index (κ2) is 9.70. The van der Waals surface area contributed by atoms with E-state index in [0.29, 0.717) is 18.5 Å². The third kappa shape index (κ3) is 5.45. The van der Waals surface area contributed by atoms with Gasteiger partial charge >= 0.3 is 0 Å². The smallest absolute Gasteiger partial charge is 0.238 e. The van der Waals surface area contributed by atoms with Crippen molar-refractivity contribution in [3.8, 4) is 0 Å². The highest BCUT2D eigenvalue weighted by Gasteiger charge is 2.25. The topological polar surface area (TPSA) is 47.6 Å². The zero-order valence-corrected chi connectivity index (χ0v) is 18.3. The first kappa shape index (κ1) is 21.1. The largest absolute Gasteiger partial charge is 0.360 e. The Labute approximate surface area is 174 Å². The van der Waals surface area contributed by atoms with Gasteiger partial charge in [0.2, 0.25) is 5.91 Å². The van der Waals surface area contributed by atoms with Crippen molar-refractivity contribution in [1.29, 1.82) is 0 Å². The van der Waals surface area contributed by atoms with Crippen molar-refractivity contribution >= 4 is 28.9 Å². The molecule has 1 aliphatic heterocycles. The molecule has 0 aromatic heterocycles. The van der Waals surface area contributed by atoms with E-state index in [4.69, 9.17) is 12.2 Å². The lowest BCUT2D eigenvalue weighted by molar-refractivity contribution is -0.117. The highest BCUT2D eigenvalue weighted by Crippen LogP contribution is 2.24. The SMILES string of the molecule is Cc1cccc(C)c1NC(=O)CN1CCN(C(=S)N[C@@H]2CCCC[C@@H]2C)CC1. The molecule has 0 spiro atoms. The minimum absolute atomic E-state index is 0.0579. The van der Waals surface area contributed by atoms with Crippen LogP contribution in [-0.4, -0.2) is 59.6 Å². The predicted octanol–water partition coefficient (Wildman–Crippen LogP) is 3.31. The number of hydrogen-bond acceptors (Lipinski definition) is 3. The summed E-state index contributed by atoms with van der Waals surface area (Å²) in [7, 11) is 0. The first-order chi connectivity index (χ1) is 13.4. The number of carbonyl (C=O) groups is 1. The molecule has 1 aromatic rings. The maximum absolute atomic E-state index is 12.5. The van der Waals surface area contributed by atoms with Gasteiger partial charge in [-0.05, 0) is 56.0 Å². The summed E-state index contributed by atoms with van der Waals surface area (Å²) in [5.41, 5.74) is 3.15. The van der Waals surface area contributed by atoms with Crippen molar-refractivity contribution in [2.75, 3.05) is 38.0 Å². The summed E-state index contributed by atoms with van der Waals surface area (Å²) in [5.74, 6) is 0.754. The van der Waals surface area contributed by atoms with Gasteiger partial charge in [0.05, 0.1) is 6.54 Å². The number of nitrogens with one attached hydrogen (secondary N) is 2. The van der Waals surface area contributed by atoms with Gasteiger partial charge < -0.3 is 15.5 Å². The molecule has 2 aliphatic rings. The number of nitrogens with zero attached hydrogens (tertiary/aromatic N) is 2. The molecule has 1 amide bonds. The molecule has 1 saturated carbocycles. The lowest BCUT2D eigenvalue weighted by atomic mass is 9.86. The van der Waals surface area contributed by atoms with Crippen LogP contribution in [0.15, 0.2) is 18.2 Å². The number of anilines is 1. The molecule has 28 heavy (non-hydrogen) atoms. The van der Waals surface area contributed by atoms with E-state index in [2.05, 4.69) is 27.4 Å². The van der Waals surface area contributed by atoms with E-state index < -0.39 is 0 Å². The fourth-order valence-electron chi connectivity index (χ4n) is 4.28. The van der Waals surface area contributed by atoms with Gasteiger partial charge in [-0.1, -0.05) is 38.0 Å². The van der Waals surface area contributed by atoms with E-state index in [9.17, 15) is 4.79 Å². The second-order valence-corrected chi connectivity index (χ2v) is 8.78. The highest BCUT2D eigenvalue weighted by molar-refractivity contribution is 7.80. The van der Waals surface area contributed by atoms with Gasteiger partial charge in [0.25, 0.3) is 0 Å². The molecule has 5 nitrogen and oxygen atoms in total. The summed E-state index contributed by atoms with van der Waals surface area (Å²) < 4.78 is 0. The fraction of sp³-hybridized carbons (Fsp3) is 0.636. The van der Waals surface area contributed by atoms with Crippen LogP contribution in [0.25, 0.3) is 0 Å². The Morgan fingerprint density at radius 3 is 2.39 bits per heavy atom. The third-order valence-corrected chi connectivity index (χ3v) is 6.57. The molecular formula is C22H34N4OS. The Morgan fingerprint density at radius 2 is 1.75 bits per heavy atom. The van der Waals surface area contributed by atoms with Crippen LogP contribution in [0.3, 0.4) is 0 Å². The Hall–Kier alpha value is -1.66. The number of hydrogen-bond donors (Lipinski definition) is 2. The zero-order valence-electron chi connectivity index (χ0n) is 17.5. The quantitative estimate of drug-likeness (QED) is 0.757. The molecule has 2 atom stereocenters. The number of para-hydroxylation sites is 1. The lowest BCUT2D eigenvalue weighted by Gasteiger charge is -2.38. The first-order valence-corrected chi connectivity index (χ1v) is 11.0. The van der Waals surface area contributed by atoms with E-state index in [1.165, 1.54) is 25.7 Å². The van der Waals surface area contributed by atoms with Crippen LogP contribution >= 0.6 is 12.2 Å². The number of thiocarbonyl (C=S) groups is 1. The summed E-state index contributed by atoms with van der Waals surface area (Å²) >= 11 is 5.67. The van der Waals surface area contributed by atoms with Crippen molar-refractivity contribution in [1.82, 2.24) is 15.1 Å². The number of amides is 1. The number of rotatable bonds is 4. The molecule has 1 aromatic carbocycles. The second-order valence-electron chi connectivity index (χ2n) is 8.40. The van der Waals surface area contributed by atoms with Crippen LogP contribution < -0.4 is 10.6 Å². The number of aryl methyl sites for hydroxylation is 2. The Kier molecular flexibility index (Phi) is 7.30. The van der Waals surface area contributed by atoms with E-state index in [1.807, 2.05) is 32.0 Å². The zero-order chi connectivity index (χ0) is 20.1. The van der Waals surface area contributed by atoms with E-state index in [0.717, 1.165) is 48.1 Å². The van der Waals surface area contributed by atoms with Gasteiger partial charge in [0.15, 0.2) is 5.11 Å². The van der Waals surface area contributed by atoms with E-state index >= 15 is 0 Å². The van der Waals surface area contributed by atoms with Crippen LogP contribution in [0.5, 0.6) is 0 Å². The van der Waals surface area contributed by atoms with Crippen LogP contribution in [0.4, 0.5) is 5.69 Å². The van der Waals surface area contributed by atoms with Gasteiger partial charge in [-0.25, -0.2) is 0 Å². The molecule has 2 N–H and O–H groups in total. The predicted molar refractivity (Wildman–Crippen MR) is 120 cm³/mol. The standard InChI is InChI=1S/C22H34N4OS/c1-16-7-4-5-10-19(16)23-22(28)26-13-11-25(12-14-26)15-20(27)24-21-17(2)8-6-9-18(21)3/h6,8-9,16,19H,4-5,7,10-15H2,1-3H3,(H,23,28)(H,24,27)/t16-,19+/m0/s1. The summed E-state index contributed by atoms with van der Waals surface area (Å²) in [6.45, 7) is 10.3. The molecule has 2 fully saturated rings. The third-order valence-electron chi connectivity index (χ3n) is 6.19. The average Bonchev–Trinajstić information content (AvgIpc) is 2.67. The van der Waals surface area contributed by atoms with Crippen molar-refractivity contribution in [3.05, 3.63) is 29.3 Å². The van der Waals surface area contributed by atoms with E-state index in [1.54, 1.807) is 0 Å². The van der Waals surface area contributed by atoms with Crippen LogP contribution in [-0.2, 0) is 4.79 Å². The lowest BCUT2D eigenvalue weighted by Crippen LogP contribution is -2.55. The van der Waals surface area contributed by atoms with Crippen molar-refractivity contribution < 1.29 is 4.79 Å². The van der Waals surface area contributed by atoms with Crippen LogP contribution in [0.1, 0.15) is 43.7 Å². The average molecular weight is 403 g/mol. The fourth-order valence-corrected chi connectivity index (χ4v) is 4.62. The van der Waals surface area contributed by atoms with Gasteiger partial charge in [0, 0.05) is 37.9 Å². The molecule has 3 rings (SSSR count). The van der Waals surface area contributed by atoms with Crippen molar-refractivity contribution in [2.24, 2.45) is 5.92 Å². The first-order valence-electron chi connectivity index (χ1n) is 10.6. The molecular weight excluding hydrogens is 368 g/mol. The minimum Gasteiger partial charge on any atom is -0.360 e. The Bertz CT molecular complexity index is 680. The van der Waals surface area contributed by atoms with Gasteiger partial charge in [-0.15, -0.1) is 0 Å². The normalized spacial score (nSPS) is 23.3. The molecule has 1 saturated heterocycles. The summed E-state index contributed by atoms with van der Waals surface area (Å²) in [6, 6.07) is 6.60. The molecule has 6 heteroatoms. The minimum atomic E-state index is 0.0579. The van der Waals surface area contributed by atoms with Gasteiger partial charge in [-0.3, -0.25) is 9.69 Å². The molecule has 0 radical (unpaired) electrons. The summed E-state index contributed by atoms with van der Waals surface area (Å²) in [4.78, 5) is 17.0. The number of carbonyl (C=O) groups excluding carboxylic acids is 1.